The second kappa shape index (κ2) is 6.83. The first kappa shape index (κ1) is 15.7. The van der Waals surface area contributed by atoms with Crippen LogP contribution in [0.15, 0.2) is 40.9 Å². The SMILES string of the molecule is CC(C)N(Cc1cccs1)c1cccc(Cl)c1C(N)=NO. The minimum atomic E-state index is 0.0208. The van der Waals surface area contributed by atoms with Crippen LogP contribution < -0.4 is 10.6 Å². The Morgan fingerprint density at radius 3 is 2.71 bits per heavy atom. The summed E-state index contributed by atoms with van der Waals surface area (Å²) in [6.07, 6.45) is 0. The molecule has 0 radical (unpaired) electrons. The van der Waals surface area contributed by atoms with Gasteiger partial charge in [-0.3, -0.25) is 0 Å². The van der Waals surface area contributed by atoms with Gasteiger partial charge in [0.2, 0.25) is 0 Å². The molecule has 0 fully saturated rings. The van der Waals surface area contributed by atoms with E-state index in [0.29, 0.717) is 10.6 Å². The number of hydrogen-bond acceptors (Lipinski definition) is 4. The van der Waals surface area contributed by atoms with Crippen molar-refractivity contribution in [2.24, 2.45) is 10.9 Å². The molecule has 3 N–H and O–H groups in total. The van der Waals surface area contributed by atoms with E-state index in [0.717, 1.165) is 12.2 Å². The van der Waals surface area contributed by atoms with Gasteiger partial charge in [-0.2, -0.15) is 0 Å². The van der Waals surface area contributed by atoms with Crippen molar-refractivity contribution < 1.29 is 5.21 Å². The molecule has 0 saturated heterocycles. The number of oxime groups is 1. The van der Waals surface area contributed by atoms with Gasteiger partial charge in [-0.15, -0.1) is 11.3 Å². The molecule has 112 valence electrons. The van der Waals surface area contributed by atoms with Gasteiger partial charge in [-0.25, -0.2) is 0 Å². The highest BCUT2D eigenvalue weighted by Crippen LogP contribution is 2.30. The number of nitrogens with zero attached hydrogens (tertiary/aromatic N) is 2. The number of benzene rings is 1. The third-order valence-corrected chi connectivity index (χ3v) is 4.37. The van der Waals surface area contributed by atoms with E-state index in [9.17, 15) is 0 Å². The maximum atomic E-state index is 9.00. The van der Waals surface area contributed by atoms with Crippen LogP contribution in [-0.4, -0.2) is 17.1 Å². The molecular weight excluding hydrogens is 306 g/mol. The van der Waals surface area contributed by atoms with Gasteiger partial charge in [-0.05, 0) is 37.4 Å². The van der Waals surface area contributed by atoms with E-state index in [1.807, 2.05) is 18.2 Å². The van der Waals surface area contributed by atoms with Gasteiger partial charge in [-0.1, -0.05) is 28.9 Å². The van der Waals surface area contributed by atoms with E-state index < -0.39 is 0 Å². The number of hydrogen-bond donors (Lipinski definition) is 2. The Balaban J connectivity index is 2.48. The quantitative estimate of drug-likeness (QED) is 0.379. The molecule has 0 unspecified atom stereocenters. The molecule has 0 atom stereocenters. The lowest BCUT2D eigenvalue weighted by atomic mass is 10.1. The number of amidine groups is 1. The van der Waals surface area contributed by atoms with Gasteiger partial charge in [0.05, 0.1) is 17.1 Å². The van der Waals surface area contributed by atoms with Crippen LogP contribution in [0.4, 0.5) is 5.69 Å². The molecule has 1 aromatic carbocycles. The van der Waals surface area contributed by atoms with Crippen LogP contribution in [0.5, 0.6) is 0 Å². The number of halogens is 1. The lowest BCUT2D eigenvalue weighted by Gasteiger charge is -2.30. The molecule has 0 spiro atoms. The second-order valence-electron chi connectivity index (χ2n) is 4.92. The standard InChI is InChI=1S/C15H18ClN3OS/c1-10(2)19(9-11-5-4-8-21-11)13-7-3-6-12(16)14(13)15(17)18-20/h3-8,10,20H,9H2,1-2H3,(H2,17,18). The van der Waals surface area contributed by atoms with Crippen molar-refractivity contribution in [3.05, 3.63) is 51.2 Å². The van der Waals surface area contributed by atoms with Gasteiger partial charge in [0, 0.05) is 16.6 Å². The fourth-order valence-electron chi connectivity index (χ4n) is 2.17. The lowest BCUT2D eigenvalue weighted by Crippen LogP contribution is -2.32. The molecule has 1 aromatic heterocycles. The minimum absolute atomic E-state index is 0.0208. The zero-order chi connectivity index (χ0) is 15.4. The Kier molecular flexibility index (Phi) is 5.09. The fraction of sp³-hybridized carbons (Fsp3) is 0.267. The van der Waals surface area contributed by atoms with Crippen LogP contribution in [0.1, 0.15) is 24.3 Å². The summed E-state index contributed by atoms with van der Waals surface area (Å²) in [5, 5.41) is 14.6. The molecule has 2 rings (SSSR count). The molecule has 4 nitrogen and oxygen atoms in total. The molecule has 21 heavy (non-hydrogen) atoms. The van der Waals surface area contributed by atoms with Gasteiger partial charge in [0.15, 0.2) is 5.84 Å². The molecule has 1 heterocycles. The molecule has 0 aliphatic carbocycles. The molecular formula is C15H18ClN3OS. The summed E-state index contributed by atoms with van der Waals surface area (Å²) >= 11 is 7.94. The van der Waals surface area contributed by atoms with Crippen molar-refractivity contribution in [2.45, 2.75) is 26.4 Å². The highest BCUT2D eigenvalue weighted by atomic mass is 35.5. The Hall–Kier alpha value is -1.72. The number of anilines is 1. The molecule has 0 amide bonds. The van der Waals surface area contributed by atoms with Crippen molar-refractivity contribution in [1.29, 1.82) is 0 Å². The third-order valence-electron chi connectivity index (χ3n) is 3.19. The van der Waals surface area contributed by atoms with Crippen LogP contribution in [-0.2, 0) is 6.54 Å². The topological polar surface area (TPSA) is 61.8 Å². The molecule has 0 bridgehead atoms. The average Bonchev–Trinajstić information content (AvgIpc) is 2.96. The van der Waals surface area contributed by atoms with Crippen molar-refractivity contribution in [3.63, 3.8) is 0 Å². The van der Waals surface area contributed by atoms with Crippen molar-refractivity contribution in [1.82, 2.24) is 0 Å². The maximum Gasteiger partial charge on any atom is 0.173 e. The highest BCUT2D eigenvalue weighted by molar-refractivity contribution is 7.09. The summed E-state index contributed by atoms with van der Waals surface area (Å²) in [5.74, 6) is 0.0208. The summed E-state index contributed by atoms with van der Waals surface area (Å²) in [7, 11) is 0. The van der Waals surface area contributed by atoms with Crippen LogP contribution in [0, 0.1) is 0 Å². The third kappa shape index (κ3) is 3.49. The first-order chi connectivity index (χ1) is 10.0. The molecule has 6 heteroatoms. The summed E-state index contributed by atoms with van der Waals surface area (Å²) in [6, 6.07) is 9.91. The number of thiophene rings is 1. The number of rotatable bonds is 5. The molecule has 0 aliphatic rings. The summed E-state index contributed by atoms with van der Waals surface area (Å²) < 4.78 is 0. The summed E-state index contributed by atoms with van der Waals surface area (Å²) in [6.45, 7) is 4.95. The fourth-order valence-corrected chi connectivity index (χ4v) is 3.14. The minimum Gasteiger partial charge on any atom is -0.409 e. The molecule has 2 aromatic rings. The Labute approximate surface area is 133 Å². The summed E-state index contributed by atoms with van der Waals surface area (Å²) in [4.78, 5) is 3.43. The highest BCUT2D eigenvalue weighted by Gasteiger charge is 2.19. The predicted octanol–water partition coefficient (Wildman–Crippen LogP) is 3.91. The largest absolute Gasteiger partial charge is 0.409 e. The zero-order valence-electron chi connectivity index (χ0n) is 12.0. The normalized spacial score (nSPS) is 11.9. The van der Waals surface area contributed by atoms with Crippen LogP contribution in [0.2, 0.25) is 5.02 Å². The Morgan fingerprint density at radius 1 is 1.38 bits per heavy atom. The predicted molar refractivity (Wildman–Crippen MR) is 89.6 cm³/mol. The van der Waals surface area contributed by atoms with Crippen molar-refractivity contribution >= 4 is 34.5 Å². The smallest absolute Gasteiger partial charge is 0.173 e. The molecule has 0 saturated carbocycles. The van der Waals surface area contributed by atoms with Crippen LogP contribution in [0.3, 0.4) is 0 Å². The van der Waals surface area contributed by atoms with E-state index in [-0.39, 0.29) is 11.9 Å². The summed E-state index contributed by atoms with van der Waals surface area (Å²) in [5.41, 5.74) is 7.22. The van der Waals surface area contributed by atoms with Crippen molar-refractivity contribution in [3.8, 4) is 0 Å². The second-order valence-corrected chi connectivity index (χ2v) is 6.36. The van der Waals surface area contributed by atoms with E-state index in [1.165, 1.54) is 4.88 Å². The first-order valence-corrected chi connectivity index (χ1v) is 7.85. The first-order valence-electron chi connectivity index (χ1n) is 6.60. The lowest BCUT2D eigenvalue weighted by molar-refractivity contribution is 0.318. The van der Waals surface area contributed by atoms with E-state index in [1.54, 1.807) is 17.4 Å². The van der Waals surface area contributed by atoms with Gasteiger partial charge in [0.25, 0.3) is 0 Å². The zero-order valence-corrected chi connectivity index (χ0v) is 13.5. The number of nitrogens with two attached hydrogens (primary N) is 1. The monoisotopic (exact) mass is 323 g/mol. The van der Waals surface area contributed by atoms with Crippen molar-refractivity contribution in [2.75, 3.05) is 4.90 Å². The van der Waals surface area contributed by atoms with Gasteiger partial charge < -0.3 is 15.8 Å². The van der Waals surface area contributed by atoms with E-state index in [2.05, 4.69) is 35.3 Å². The van der Waals surface area contributed by atoms with E-state index >= 15 is 0 Å². The Bertz CT molecular complexity index is 626. The van der Waals surface area contributed by atoms with Crippen LogP contribution >= 0.6 is 22.9 Å². The van der Waals surface area contributed by atoms with E-state index in [4.69, 9.17) is 22.5 Å². The van der Waals surface area contributed by atoms with Gasteiger partial charge >= 0.3 is 0 Å². The maximum absolute atomic E-state index is 9.00. The molecule has 0 aliphatic heterocycles. The van der Waals surface area contributed by atoms with Crippen LogP contribution in [0.25, 0.3) is 0 Å². The van der Waals surface area contributed by atoms with Gasteiger partial charge in [0.1, 0.15) is 0 Å². The average molecular weight is 324 g/mol. The Morgan fingerprint density at radius 2 is 2.14 bits per heavy atom.